The molecule has 2 amide bonds. The van der Waals surface area contributed by atoms with Crippen molar-refractivity contribution >= 4 is 17.5 Å². The summed E-state index contributed by atoms with van der Waals surface area (Å²) in [4.78, 5) is 29.0. The molecule has 7 heteroatoms. The fourth-order valence-corrected chi connectivity index (χ4v) is 5.13. The third-order valence-electron chi connectivity index (χ3n) is 6.60. The van der Waals surface area contributed by atoms with Gasteiger partial charge in [0, 0.05) is 12.1 Å². The molecule has 0 saturated heterocycles. The van der Waals surface area contributed by atoms with E-state index >= 15 is 0 Å². The van der Waals surface area contributed by atoms with E-state index in [-0.39, 0.29) is 17.5 Å². The van der Waals surface area contributed by atoms with E-state index < -0.39 is 17.8 Å². The molecule has 0 bridgehead atoms. The van der Waals surface area contributed by atoms with Crippen LogP contribution >= 0.6 is 0 Å². The number of nitrogens with zero attached hydrogens (tertiary/aromatic N) is 1. The van der Waals surface area contributed by atoms with Crippen LogP contribution in [-0.2, 0) is 11.2 Å². The predicted molar refractivity (Wildman–Crippen MR) is 130 cm³/mol. The molecule has 2 heterocycles. The Morgan fingerprint density at radius 1 is 1.00 bits per heavy atom. The van der Waals surface area contributed by atoms with Crippen LogP contribution in [0.25, 0.3) is 0 Å². The zero-order chi connectivity index (χ0) is 24.5. The van der Waals surface area contributed by atoms with Crippen molar-refractivity contribution in [2.45, 2.75) is 32.2 Å². The number of halogens is 1. The fraction of sp³-hybridized carbons (Fsp3) is 0.286. The van der Waals surface area contributed by atoms with E-state index in [2.05, 4.69) is 5.32 Å². The Morgan fingerprint density at radius 3 is 2.43 bits per heavy atom. The molecule has 3 aromatic carbocycles. The third-order valence-corrected chi connectivity index (χ3v) is 6.60. The Balaban J connectivity index is 1.65. The SMILES string of the molecule is CCOc1cc2c(cc1OCC)[C@@H]1[C@@H](C(=O)Nc3ccccc3F)c3ccccc3C(=O)N1CC2. The van der Waals surface area contributed by atoms with E-state index in [9.17, 15) is 14.0 Å². The van der Waals surface area contributed by atoms with E-state index in [1.165, 1.54) is 12.1 Å². The molecule has 0 aliphatic carbocycles. The van der Waals surface area contributed by atoms with Crippen LogP contribution in [0.3, 0.4) is 0 Å². The Kier molecular flexibility index (Phi) is 6.16. The van der Waals surface area contributed by atoms with E-state index in [4.69, 9.17) is 9.47 Å². The van der Waals surface area contributed by atoms with E-state index in [0.29, 0.717) is 48.8 Å². The van der Waals surface area contributed by atoms with Crippen LogP contribution in [-0.4, -0.2) is 36.5 Å². The number of nitrogens with one attached hydrogen (secondary N) is 1. The summed E-state index contributed by atoms with van der Waals surface area (Å²) >= 11 is 0. The number of benzene rings is 3. The standard InChI is InChI=1S/C28H27FN2O4/c1-3-34-23-15-17-13-14-31-26(20(17)16-24(23)35-4-2)25(18-9-5-6-10-19(18)28(31)33)27(32)30-22-12-8-7-11-21(22)29/h5-12,15-16,25-26H,3-4,13-14H2,1-2H3,(H,30,32)/t25-,26+/m0/s1. The number of amides is 2. The maximum absolute atomic E-state index is 14.4. The maximum atomic E-state index is 14.4. The van der Waals surface area contributed by atoms with Gasteiger partial charge in [0.15, 0.2) is 11.5 Å². The normalized spacial score (nSPS) is 18.3. The van der Waals surface area contributed by atoms with Gasteiger partial charge in [-0.3, -0.25) is 9.59 Å². The summed E-state index contributed by atoms with van der Waals surface area (Å²) in [5, 5.41) is 2.76. The molecule has 2 atom stereocenters. The van der Waals surface area contributed by atoms with Gasteiger partial charge < -0.3 is 19.7 Å². The molecule has 1 N–H and O–H groups in total. The lowest BCUT2D eigenvalue weighted by atomic mass is 9.75. The number of carbonyl (C=O) groups is 2. The average molecular weight is 475 g/mol. The van der Waals surface area contributed by atoms with Gasteiger partial charge in [0.1, 0.15) is 5.82 Å². The van der Waals surface area contributed by atoms with Crippen LogP contribution in [0.1, 0.15) is 52.9 Å². The molecule has 0 aromatic heterocycles. The number of rotatable bonds is 6. The smallest absolute Gasteiger partial charge is 0.254 e. The molecule has 5 rings (SSSR count). The van der Waals surface area contributed by atoms with Crippen molar-refractivity contribution in [3.05, 3.63) is 88.7 Å². The predicted octanol–water partition coefficient (Wildman–Crippen LogP) is 5.10. The second-order valence-electron chi connectivity index (χ2n) is 8.59. The van der Waals surface area contributed by atoms with Gasteiger partial charge in [-0.1, -0.05) is 30.3 Å². The van der Waals surface area contributed by atoms with Crippen LogP contribution in [0.4, 0.5) is 10.1 Å². The first kappa shape index (κ1) is 22.9. The molecule has 0 unspecified atom stereocenters. The lowest BCUT2D eigenvalue weighted by Crippen LogP contribution is -2.49. The monoisotopic (exact) mass is 474 g/mol. The average Bonchev–Trinajstić information content (AvgIpc) is 2.86. The van der Waals surface area contributed by atoms with Crippen LogP contribution in [0.2, 0.25) is 0 Å². The lowest BCUT2D eigenvalue weighted by Gasteiger charge is -2.45. The quantitative estimate of drug-likeness (QED) is 0.540. The Labute approximate surface area is 203 Å². The first-order valence-electron chi connectivity index (χ1n) is 11.9. The van der Waals surface area contributed by atoms with Crippen molar-refractivity contribution in [2.24, 2.45) is 0 Å². The molecule has 0 fully saturated rings. The van der Waals surface area contributed by atoms with Crippen LogP contribution < -0.4 is 14.8 Å². The lowest BCUT2D eigenvalue weighted by molar-refractivity contribution is -0.119. The Bertz CT molecular complexity index is 1290. The van der Waals surface area contributed by atoms with Gasteiger partial charge in [0.25, 0.3) is 5.91 Å². The summed E-state index contributed by atoms with van der Waals surface area (Å²) in [7, 11) is 0. The summed E-state index contributed by atoms with van der Waals surface area (Å²) in [6, 6.07) is 16.5. The number of hydrogen-bond acceptors (Lipinski definition) is 4. The molecular formula is C28H27FN2O4. The van der Waals surface area contributed by atoms with E-state index in [1.807, 2.05) is 38.1 Å². The topological polar surface area (TPSA) is 67.9 Å². The molecule has 3 aromatic rings. The third kappa shape index (κ3) is 4.01. The Morgan fingerprint density at radius 2 is 1.69 bits per heavy atom. The number of para-hydroxylation sites is 1. The highest BCUT2D eigenvalue weighted by molar-refractivity contribution is 6.04. The van der Waals surface area contributed by atoms with Crippen molar-refractivity contribution in [3.8, 4) is 11.5 Å². The van der Waals surface area contributed by atoms with Crippen molar-refractivity contribution in [1.82, 2.24) is 4.90 Å². The molecule has 2 aliphatic heterocycles. The summed E-state index contributed by atoms with van der Waals surface area (Å²) in [5.74, 6) is -0.495. The summed E-state index contributed by atoms with van der Waals surface area (Å²) < 4.78 is 26.1. The number of ether oxygens (including phenoxy) is 2. The maximum Gasteiger partial charge on any atom is 0.254 e. The van der Waals surface area contributed by atoms with Crippen molar-refractivity contribution in [1.29, 1.82) is 0 Å². The number of hydrogen-bond donors (Lipinski definition) is 1. The van der Waals surface area contributed by atoms with Crippen molar-refractivity contribution in [3.63, 3.8) is 0 Å². The largest absolute Gasteiger partial charge is 0.490 e. The van der Waals surface area contributed by atoms with Gasteiger partial charge in [0.05, 0.1) is 30.9 Å². The van der Waals surface area contributed by atoms with Crippen molar-refractivity contribution < 1.29 is 23.5 Å². The van der Waals surface area contributed by atoms with E-state index in [0.717, 1.165) is 11.1 Å². The molecule has 0 spiro atoms. The van der Waals surface area contributed by atoms with Gasteiger partial charge in [-0.05, 0) is 67.3 Å². The highest BCUT2D eigenvalue weighted by atomic mass is 19.1. The first-order valence-corrected chi connectivity index (χ1v) is 11.9. The molecule has 0 radical (unpaired) electrons. The highest BCUT2D eigenvalue weighted by Crippen LogP contribution is 2.48. The first-order chi connectivity index (χ1) is 17.0. The summed E-state index contributed by atoms with van der Waals surface area (Å²) in [6.07, 6.45) is 0.633. The number of anilines is 1. The molecule has 35 heavy (non-hydrogen) atoms. The summed E-state index contributed by atoms with van der Waals surface area (Å²) in [6.45, 7) is 5.22. The molecule has 180 valence electrons. The summed E-state index contributed by atoms with van der Waals surface area (Å²) in [5.41, 5.74) is 3.09. The van der Waals surface area contributed by atoms with Crippen LogP contribution in [0.15, 0.2) is 60.7 Å². The minimum absolute atomic E-state index is 0.108. The van der Waals surface area contributed by atoms with Gasteiger partial charge in [-0.2, -0.15) is 0 Å². The molecule has 0 saturated carbocycles. The van der Waals surface area contributed by atoms with Gasteiger partial charge in [-0.25, -0.2) is 4.39 Å². The second kappa shape index (κ2) is 9.41. The highest BCUT2D eigenvalue weighted by Gasteiger charge is 2.46. The van der Waals surface area contributed by atoms with Crippen molar-refractivity contribution in [2.75, 3.05) is 25.1 Å². The minimum Gasteiger partial charge on any atom is -0.490 e. The fourth-order valence-electron chi connectivity index (χ4n) is 5.13. The number of fused-ring (bicyclic) bond motifs is 4. The molecule has 2 aliphatic rings. The minimum atomic E-state index is -0.727. The molecule has 6 nitrogen and oxygen atoms in total. The van der Waals surface area contributed by atoms with E-state index in [1.54, 1.807) is 29.2 Å². The molecular weight excluding hydrogens is 447 g/mol. The number of carbonyl (C=O) groups excluding carboxylic acids is 2. The Hall–Kier alpha value is -3.87. The zero-order valence-corrected chi connectivity index (χ0v) is 19.7. The van der Waals surface area contributed by atoms with Crippen LogP contribution in [0.5, 0.6) is 11.5 Å². The van der Waals surface area contributed by atoms with Gasteiger partial charge >= 0.3 is 0 Å². The van der Waals surface area contributed by atoms with Gasteiger partial charge in [0.2, 0.25) is 5.91 Å². The zero-order valence-electron chi connectivity index (χ0n) is 19.7. The van der Waals surface area contributed by atoms with Gasteiger partial charge in [-0.15, -0.1) is 0 Å². The van der Waals surface area contributed by atoms with Crippen LogP contribution in [0, 0.1) is 5.82 Å². The second-order valence-corrected chi connectivity index (χ2v) is 8.59.